The van der Waals surface area contributed by atoms with Crippen LogP contribution in [0.25, 0.3) is 0 Å². The van der Waals surface area contributed by atoms with Gasteiger partial charge < -0.3 is 5.11 Å². The highest BCUT2D eigenvalue weighted by Crippen LogP contribution is 2.39. The van der Waals surface area contributed by atoms with Crippen LogP contribution in [0, 0.1) is 0 Å². The van der Waals surface area contributed by atoms with Gasteiger partial charge in [0.15, 0.2) is 0 Å². The molecule has 0 radical (unpaired) electrons. The summed E-state index contributed by atoms with van der Waals surface area (Å²) in [6.45, 7) is 4.01. The molecule has 0 aliphatic carbocycles. The normalized spacial score (nSPS) is 11.2. The zero-order valence-corrected chi connectivity index (χ0v) is 11.2. The maximum Gasteiger partial charge on any atom is 0.145 e. The largest absolute Gasteiger partial charge is 0.376 e. The Hall–Kier alpha value is -1.51. The van der Waals surface area contributed by atoms with E-state index < -0.39 is 5.60 Å². The minimum absolute atomic E-state index is 0.722. The van der Waals surface area contributed by atoms with Crippen LogP contribution in [0.5, 0.6) is 0 Å². The lowest BCUT2D eigenvalue weighted by Crippen LogP contribution is -2.28. The van der Waals surface area contributed by atoms with Gasteiger partial charge in [-0.15, -0.1) is 11.8 Å². The Morgan fingerprint density at radius 3 is 1.67 bits per heavy atom. The average molecular weight is 256 g/mol. The van der Waals surface area contributed by atoms with E-state index in [4.69, 9.17) is 0 Å². The quantitative estimate of drug-likeness (QED) is 0.898. The minimum Gasteiger partial charge on any atom is -0.376 e. The van der Waals surface area contributed by atoms with Crippen LogP contribution in [0.2, 0.25) is 0 Å². The summed E-state index contributed by atoms with van der Waals surface area (Å²) in [4.78, 5) is 0.722. The summed E-state index contributed by atoms with van der Waals surface area (Å²) in [6.07, 6.45) is 1.93. The molecule has 92 valence electrons. The molecule has 0 atom stereocenters. The van der Waals surface area contributed by atoms with Gasteiger partial charge in [0.1, 0.15) is 5.60 Å². The van der Waals surface area contributed by atoms with Crippen LogP contribution in [-0.4, -0.2) is 11.4 Å². The van der Waals surface area contributed by atoms with Crippen LogP contribution >= 0.6 is 11.8 Å². The molecule has 0 aliphatic heterocycles. The third-order valence-corrected chi connectivity index (χ3v) is 3.82. The summed E-state index contributed by atoms with van der Waals surface area (Å²) in [5.41, 5.74) is 0.549. The molecule has 0 spiro atoms. The second-order valence-corrected chi connectivity index (χ2v) is 4.97. The molecule has 1 nitrogen and oxygen atoms in total. The van der Waals surface area contributed by atoms with Crippen molar-refractivity contribution in [2.45, 2.75) is 5.60 Å². The van der Waals surface area contributed by atoms with E-state index in [9.17, 15) is 5.11 Å². The SMILES string of the molecule is C=C(SC)C(O)(c1ccccc1)c1ccccc1. The predicted octanol–water partition coefficient (Wildman–Crippen LogP) is 3.80. The van der Waals surface area contributed by atoms with Crippen molar-refractivity contribution >= 4 is 11.8 Å². The maximum atomic E-state index is 11.1. The van der Waals surface area contributed by atoms with Crippen molar-refractivity contribution in [3.63, 3.8) is 0 Å². The number of hydrogen-bond acceptors (Lipinski definition) is 2. The van der Waals surface area contributed by atoms with Crippen molar-refractivity contribution in [3.8, 4) is 0 Å². The molecule has 0 saturated carbocycles. The highest BCUT2D eigenvalue weighted by atomic mass is 32.2. The summed E-state index contributed by atoms with van der Waals surface area (Å²) >= 11 is 1.48. The molecule has 0 bridgehead atoms. The summed E-state index contributed by atoms with van der Waals surface area (Å²) in [6, 6.07) is 19.3. The van der Waals surface area contributed by atoms with Gasteiger partial charge in [0.2, 0.25) is 0 Å². The Kier molecular flexibility index (Phi) is 3.90. The molecular formula is C16H16OS. The van der Waals surface area contributed by atoms with Gasteiger partial charge in [-0.3, -0.25) is 0 Å². The van der Waals surface area contributed by atoms with E-state index in [0.717, 1.165) is 16.0 Å². The van der Waals surface area contributed by atoms with E-state index in [1.165, 1.54) is 11.8 Å². The fraction of sp³-hybridized carbons (Fsp3) is 0.125. The molecular weight excluding hydrogens is 240 g/mol. The second kappa shape index (κ2) is 5.42. The van der Waals surface area contributed by atoms with E-state index in [2.05, 4.69) is 6.58 Å². The van der Waals surface area contributed by atoms with E-state index in [-0.39, 0.29) is 0 Å². The Bertz CT molecular complexity index is 480. The average Bonchev–Trinajstić information content (AvgIpc) is 2.47. The van der Waals surface area contributed by atoms with Crippen LogP contribution in [-0.2, 0) is 5.60 Å². The first-order valence-corrected chi connectivity index (χ1v) is 6.99. The van der Waals surface area contributed by atoms with Crippen molar-refractivity contribution in [1.29, 1.82) is 0 Å². The zero-order valence-electron chi connectivity index (χ0n) is 10.3. The first kappa shape index (κ1) is 12.9. The molecule has 18 heavy (non-hydrogen) atoms. The van der Waals surface area contributed by atoms with Crippen LogP contribution in [0.1, 0.15) is 11.1 Å². The molecule has 2 aromatic carbocycles. The smallest absolute Gasteiger partial charge is 0.145 e. The first-order valence-electron chi connectivity index (χ1n) is 5.76. The third kappa shape index (κ3) is 2.22. The van der Waals surface area contributed by atoms with E-state index in [0.29, 0.717) is 0 Å². The molecule has 0 heterocycles. The lowest BCUT2D eigenvalue weighted by molar-refractivity contribution is 0.131. The van der Waals surface area contributed by atoms with E-state index >= 15 is 0 Å². The number of benzene rings is 2. The molecule has 2 rings (SSSR count). The lowest BCUT2D eigenvalue weighted by Gasteiger charge is -2.30. The second-order valence-electron chi connectivity index (χ2n) is 4.07. The molecule has 0 aromatic heterocycles. The van der Waals surface area contributed by atoms with Crippen molar-refractivity contribution in [2.24, 2.45) is 0 Å². The van der Waals surface area contributed by atoms with Gasteiger partial charge in [-0.25, -0.2) is 0 Å². The lowest BCUT2D eigenvalue weighted by atomic mass is 9.86. The van der Waals surface area contributed by atoms with Crippen LogP contribution in [0.15, 0.2) is 72.1 Å². The van der Waals surface area contributed by atoms with Gasteiger partial charge >= 0.3 is 0 Å². The van der Waals surface area contributed by atoms with Gasteiger partial charge in [0, 0.05) is 4.91 Å². The Balaban J connectivity index is 2.59. The van der Waals surface area contributed by atoms with Crippen molar-refractivity contribution in [1.82, 2.24) is 0 Å². The Morgan fingerprint density at radius 2 is 1.33 bits per heavy atom. The summed E-state index contributed by atoms with van der Waals surface area (Å²) < 4.78 is 0. The first-order chi connectivity index (χ1) is 8.69. The topological polar surface area (TPSA) is 20.2 Å². The van der Waals surface area contributed by atoms with Gasteiger partial charge in [-0.2, -0.15) is 0 Å². The molecule has 2 heteroatoms. The maximum absolute atomic E-state index is 11.1. The molecule has 0 unspecified atom stereocenters. The summed E-state index contributed by atoms with van der Waals surface area (Å²) in [7, 11) is 0. The van der Waals surface area contributed by atoms with Gasteiger partial charge in [0.25, 0.3) is 0 Å². The fourth-order valence-electron chi connectivity index (χ4n) is 2.00. The van der Waals surface area contributed by atoms with Crippen molar-refractivity contribution in [2.75, 3.05) is 6.26 Å². The highest BCUT2D eigenvalue weighted by molar-refractivity contribution is 8.02. The summed E-state index contributed by atoms with van der Waals surface area (Å²) in [5, 5.41) is 11.1. The molecule has 0 fully saturated rings. The van der Waals surface area contributed by atoms with Gasteiger partial charge in [0.05, 0.1) is 0 Å². The van der Waals surface area contributed by atoms with Crippen molar-refractivity contribution in [3.05, 3.63) is 83.3 Å². The highest BCUT2D eigenvalue weighted by Gasteiger charge is 2.34. The zero-order chi connectivity index (χ0) is 13.0. The van der Waals surface area contributed by atoms with Crippen molar-refractivity contribution < 1.29 is 5.11 Å². The number of hydrogen-bond donors (Lipinski definition) is 1. The molecule has 0 aliphatic rings. The standard InChI is InChI=1S/C16H16OS/c1-13(18-2)16(17,14-9-5-3-6-10-14)15-11-7-4-8-12-15/h3-12,17H,1H2,2H3. The fourth-order valence-corrected chi connectivity index (χ4v) is 2.53. The third-order valence-electron chi connectivity index (χ3n) is 3.03. The summed E-state index contributed by atoms with van der Waals surface area (Å²) in [5.74, 6) is 0. The van der Waals surface area contributed by atoms with Gasteiger partial charge in [-0.1, -0.05) is 67.2 Å². The van der Waals surface area contributed by atoms with Crippen LogP contribution in [0.4, 0.5) is 0 Å². The predicted molar refractivity (Wildman–Crippen MR) is 78.5 cm³/mol. The van der Waals surface area contributed by atoms with Crippen LogP contribution < -0.4 is 0 Å². The number of aliphatic hydroxyl groups is 1. The number of thioether (sulfide) groups is 1. The molecule has 0 amide bonds. The van der Waals surface area contributed by atoms with Gasteiger partial charge in [-0.05, 0) is 17.4 Å². The van der Waals surface area contributed by atoms with E-state index in [1.807, 2.05) is 66.9 Å². The molecule has 1 N–H and O–H groups in total. The Morgan fingerprint density at radius 1 is 0.944 bits per heavy atom. The minimum atomic E-state index is -1.14. The number of rotatable bonds is 4. The monoisotopic (exact) mass is 256 g/mol. The molecule has 0 saturated heterocycles. The molecule has 2 aromatic rings. The van der Waals surface area contributed by atoms with Crippen LogP contribution in [0.3, 0.4) is 0 Å². The van der Waals surface area contributed by atoms with E-state index in [1.54, 1.807) is 0 Å². The Labute approximate surface area is 112 Å².